The summed E-state index contributed by atoms with van der Waals surface area (Å²) in [5.41, 5.74) is 0.333. The molecule has 2 amide bonds. The van der Waals surface area contributed by atoms with Crippen LogP contribution in [0.1, 0.15) is 46.5 Å². The molecule has 0 spiro atoms. The van der Waals surface area contributed by atoms with Crippen molar-refractivity contribution < 1.29 is 23.9 Å². The van der Waals surface area contributed by atoms with Crippen molar-refractivity contribution in [3.63, 3.8) is 0 Å². The summed E-state index contributed by atoms with van der Waals surface area (Å²) in [7, 11) is 1.31. The Morgan fingerprint density at radius 1 is 1.10 bits per heavy atom. The molecule has 8 heteroatoms. The van der Waals surface area contributed by atoms with E-state index in [1.165, 1.54) is 12.0 Å². The van der Waals surface area contributed by atoms with Crippen molar-refractivity contribution in [1.29, 1.82) is 0 Å². The Hall–Kier alpha value is -2.77. The van der Waals surface area contributed by atoms with E-state index in [1.54, 1.807) is 0 Å². The van der Waals surface area contributed by atoms with Gasteiger partial charge in [-0.15, -0.1) is 0 Å². The minimum absolute atomic E-state index is 0.0982. The zero-order chi connectivity index (χ0) is 22.6. The van der Waals surface area contributed by atoms with Gasteiger partial charge in [0.25, 0.3) is 0 Å². The lowest BCUT2D eigenvalue weighted by Gasteiger charge is -2.34. The molecule has 0 aromatic heterocycles. The Bertz CT molecular complexity index is 786. The van der Waals surface area contributed by atoms with Crippen LogP contribution in [0.25, 0.3) is 0 Å². The van der Waals surface area contributed by atoms with Crippen LogP contribution in [0.3, 0.4) is 0 Å². The Morgan fingerprint density at radius 3 is 2.32 bits per heavy atom. The SMILES string of the molecule is COC(=O)[C@@H]1CN(c2ccccc2)CN1C(=O)[C@@H](NC(=O)OC1CCCC1)C(C)(C)C. The lowest BCUT2D eigenvalue weighted by atomic mass is 9.85. The van der Waals surface area contributed by atoms with Crippen molar-refractivity contribution >= 4 is 23.7 Å². The van der Waals surface area contributed by atoms with Crippen LogP contribution in [0.4, 0.5) is 10.5 Å². The van der Waals surface area contributed by atoms with Gasteiger partial charge in [0.1, 0.15) is 18.2 Å². The first-order valence-electron chi connectivity index (χ1n) is 10.9. The fourth-order valence-corrected chi connectivity index (χ4v) is 4.16. The Kier molecular flexibility index (Phi) is 7.08. The van der Waals surface area contributed by atoms with E-state index in [9.17, 15) is 14.4 Å². The molecule has 1 aromatic rings. The summed E-state index contributed by atoms with van der Waals surface area (Å²) in [5, 5.41) is 2.77. The average Bonchev–Trinajstić information content (AvgIpc) is 3.41. The van der Waals surface area contributed by atoms with Crippen LogP contribution < -0.4 is 10.2 Å². The van der Waals surface area contributed by atoms with Crippen molar-refractivity contribution in [2.75, 3.05) is 25.2 Å². The number of hydrogen-bond acceptors (Lipinski definition) is 6. The highest BCUT2D eigenvalue weighted by Crippen LogP contribution is 2.28. The Labute approximate surface area is 183 Å². The van der Waals surface area contributed by atoms with Crippen LogP contribution in [0.15, 0.2) is 30.3 Å². The normalized spacial score (nSPS) is 20.5. The second-order valence-corrected chi connectivity index (χ2v) is 9.30. The summed E-state index contributed by atoms with van der Waals surface area (Å²) in [4.78, 5) is 42.0. The minimum Gasteiger partial charge on any atom is -0.467 e. The molecular formula is C23H33N3O5. The van der Waals surface area contributed by atoms with E-state index in [1.807, 2.05) is 56.0 Å². The summed E-state index contributed by atoms with van der Waals surface area (Å²) in [5.74, 6) is -0.808. The van der Waals surface area contributed by atoms with E-state index < -0.39 is 29.6 Å². The van der Waals surface area contributed by atoms with E-state index in [-0.39, 0.29) is 18.7 Å². The van der Waals surface area contributed by atoms with Crippen LogP contribution >= 0.6 is 0 Å². The quantitative estimate of drug-likeness (QED) is 0.722. The molecular weight excluding hydrogens is 398 g/mol. The van der Waals surface area contributed by atoms with Crippen LogP contribution in [0.2, 0.25) is 0 Å². The summed E-state index contributed by atoms with van der Waals surface area (Å²) in [6.45, 7) is 6.19. The first-order chi connectivity index (χ1) is 14.7. The van der Waals surface area contributed by atoms with Gasteiger partial charge in [-0.2, -0.15) is 0 Å². The zero-order valence-corrected chi connectivity index (χ0v) is 18.8. The standard InChI is InChI=1S/C23H33N3O5/c1-23(2,3)19(24-22(29)31-17-12-8-9-13-17)20(27)26-15-25(14-18(26)21(28)30-4)16-10-6-5-7-11-16/h5-7,10-11,17-19H,8-9,12-15H2,1-4H3,(H,24,29)/t18-,19+/m0/s1. The predicted molar refractivity (Wildman–Crippen MR) is 116 cm³/mol. The largest absolute Gasteiger partial charge is 0.467 e. The molecule has 31 heavy (non-hydrogen) atoms. The fourth-order valence-electron chi connectivity index (χ4n) is 4.16. The maximum atomic E-state index is 13.6. The number of nitrogens with one attached hydrogen (secondary N) is 1. The zero-order valence-electron chi connectivity index (χ0n) is 18.8. The van der Waals surface area contributed by atoms with Gasteiger partial charge in [0, 0.05) is 5.69 Å². The number of amides is 2. The number of esters is 1. The summed E-state index contributed by atoms with van der Waals surface area (Å²) in [6, 6.07) is 7.99. The molecule has 1 saturated heterocycles. The Morgan fingerprint density at radius 2 is 1.74 bits per heavy atom. The third kappa shape index (κ3) is 5.48. The van der Waals surface area contributed by atoms with E-state index in [2.05, 4.69) is 5.32 Å². The number of rotatable bonds is 5. The number of carbonyl (C=O) groups is 3. The van der Waals surface area contributed by atoms with Gasteiger partial charge >= 0.3 is 12.1 Å². The molecule has 2 aliphatic rings. The molecule has 1 aliphatic carbocycles. The number of benzene rings is 1. The number of ether oxygens (including phenoxy) is 2. The number of anilines is 1. The molecule has 1 heterocycles. The van der Waals surface area contributed by atoms with Crippen molar-refractivity contribution in [3.05, 3.63) is 30.3 Å². The monoisotopic (exact) mass is 431 g/mol. The molecule has 1 N–H and O–H groups in total. The fraction of sp³-hybridized carbons (Fsp3) is 0.609. The van der Waals surface area contributed by atoms with Gasteiger partial charge in [0.2, 0.25) is 5.91 Å². The summed E-state index contributed by atoms with van der Waals surface area (Å²) >= 11 is 0. The van der Waals surface area contributed by atoms with Crippen molar-refractivity contribution in [2.24, 2.45) is 5.41 Å². The molecule has 1 saturated carbocycles. The maximum absolute atomic E-state index is 13.6. The van der Waals surface area contributed by atoms with E-state index in [0.717, 1.165) is 31.4 Å². The topological polar surface area (TPSA) is 88.2 Å². The first-order valence-corrected chi connectivity index (χ1v) is 10.9. The molecule has 170 valence electrons. The van der Waals surface area contributed by atoms with Gasteiger partial charge in [-0.1, -0.05) is 39.0 Å². The van der Waals surface area contributed by atoms with Gasteiger partial charge in [0.05, 0.1) is 20.3 Å². The summed E-state index contributed by atoms with van der Waals surface area (Å²) in [6.07, 6.45) is 3.11. The van der Waals surface area contributed by atoms with Crippen molar-refractivity contribution in [1.82, 2.24) is 10.2 Å². The molecule has 0 radical (unpaired) electrons. The molecule has 2 fully saturated rings. The molecule has 1 aliphatic heterocycles. The first kappa shape index (κ1) is 22.9. The number of carbonyl (C=O) groups excluding carboxylic acids is 3. The second-order valence-electron chi connectivity index (χ2n) is 9.30. The molecule has 1 aromatic carbocycles. The number of alkyl carbamates (subject to hydrolysis) is 1. The van der Waals surface area contributed by atoms with Gasteiger partial charge in [-0.25, -0.2) is 9.59 Å². The van der Waals surface area contributed by atoms with Crippen LogP contribution in [0, 0.1) is 5.41 Å². The number of methoxy groups -OCH3 is 1. The highest BCUT2D eigenvalue weighted by molar-refractivity contribution is 5.91. The molecule has 3 rings (SSSR count). The lowest BCUT2D eigenvalue weighted by molar-refractivity contribution is -0.152. The lowest BCUT2D eigenvalue weighted by Crippen LogP contribution is -2.57. The Balaban J connectivity index is 1.78. The smallest absolute Gasteiger partial charge is 0.408 e. The number of para-hydroxylation sites is 1. The van der Waals surface area contributed by atoms with Crippen molar-refractivity contribution in [3.8, 4) is 0 Å². The van der Waals surface area contributed by atoms with Crippen molar-refractivity contribution in [2.45, 2.75) is 64.6 Å². The van der Waals surface area contributed by atoms with Crippen LogP contribution in [-0.4, -0.2) is 61.4 Å². The number of hydrogen-bond donors (Lipinski definition) is 1. The number of nitrogens with zero attached hydrogens (tertiary/aromatic N) is 2. The third-order valence-corrected chi connectivity index (χ3v) is 5.92. The molecule has 8 nitrogen and oxygen atoms in total. The van der Waals surface area contributed by atoms with E-state index >= 15 is 0 Å². The van der Waals surface area contributed by atoms with Gasteiger partial charge in [-0.05, 0) is 43.2 Å². The van der Waals surface area contributed by atoms with Crippen LogP contribution in [-0.2, 0) is 19.1 Å². The van der Waals surface area contributed by atoms with Gasteiger partial charge in [-0.3, -0.25) is 4.79 Å². The van der Waals surface area contributed by atoms with Crippen LogP contribution in [0.5, 0.6) is 0 Å². The second kappa shape index (κ2) is 9.58. The maximum Gasteiger partial charge on any atom is 0.408 e. The highest BCUT2D eigenvalue weighted by Gasteiger charge is 2.45. The third-order valence-electron chi connectivity index (χ3n) is 5.92. The summed E-state index contributed by atoms with van der Waals surface area (Å²) < 4.78 is 10.5. The minimum atomic E-state index is -0.843. The molecule has 0 bridgehead atoms. The average molecular weight is 432 g/mol. The highest BCUT2D eigenvalue weighted by atomic mass is 16.6. The molecule has 2 atom stereocenters. The predicted octanol–water partition coefficient (Wildman–Crippen LogP) is 2.92. The molecule has 0 unspecified atom stereocenters. The van der Waals surface area contributed by atoms with E-state index in [0.29, 0.717) is 6.54 Å². The van der Waals surface area contributed by atoms with Gasteiger partial charge in [0.15, 0.2) is 0 Å². The van der Waals surface area contributed by atoms with E-state index in [4.69, 9.17) is 9.47 Å². The van der Waals surface area contributed by atoms with Gasteiger partial charge < -0.3 is 24.6 Å².